The molecule has 0 saturated carbocycles. The molecule has 152 valence electrons. The van der Waals surface area contributed by atoms with E-state index in [0.29, 0.717) is 17.6 Å². The highest BCUT2D eigenvalue weighted by molar-refractivity contribution is 5.89. The first-order chi connectivity index (χ1) is 12.9. The van der Waals surface area contributed by atoms with Crippen molar-refractivity contribution in [2.45, 2.75) is 43.4 Å². The molecule has 1 aliphatic carbocycles. The van der Waals surface area contributed by atoms with Crippen LogP contribution in [0.15, 0.2) is 23.5 Å². The van der Waals surface area contributed by atoms with Gasteiger partial charge < -0.3 is 44.5 Å². The number of carbonyl (C=O) groups is 1. The van der Waals surface area contributed by atoms with E-state index in [1.807, 2.05) is 0 Å². The number of fused-ring (bicyclic) bond motifs is 1. The van der Waals surface area contributed by atoms with Crippen molar-refractivity contribution in [1.82, 2.24) is 0 Å². The molecule has 1 fully saturated rings. The van der Waals surface area contributed by atoms with Crippen LogP contribution in [0.4, 0.5) is 0 Å². The Morgan fingerprint density at radius 1 is 1.19 bits per heavy atom. The lowest BCUT2D eigenvalue weighted by molar-refractivity contribution is -0.339. The molecule has 3 aliphatic rings. The quantitative estimate of drug-likeness (QED) is 0.258. The van der Waals surface area contributed by atoms with Crippen molar-refractivity contribution in [3.05, 3.63) is 23.5 Å². The van der Waals surface area contributed by atoms with Gasteiger partial charge in [0.05, 0.1) is 38.1 Å². The maximum atomic E-state index is 12.0. The number of aliphatic hydroxyl groups is 5. The van der Waals surface area contributed by atoms with Gasteiger partial charge in [-0.1, -0.05) is 6.08 Å². The van der Waals surface area contributed by atoms with Crippen molar-refractivity contribution >= 4 is 5.97 Å². The van der Waals surface area contributed by atoms with E-state index in [2.05, 4.69) is 0 Å². The van der Waals surface area contributed by atoms with Crippen LogP contribution in [0.3, 0.4) is 0 Å². The molecule has 27 heavy (non-hydrogen) atoms. The predicted octanol–water partition coefficient (Wildman–Crippen LogP) is -2.23. The van der Waals surface area contributed by atoms with Crippen LogP contribution in [-0.4, -0.2) is 88.8 Å². The summed E-state index contributed by atoms with van der Waals surface area (Å²) in [7, 11) is 1.25. The molecule has 5 N–H and O–H groups in total. The van der Waals surface area contributed by atoms with Crippen LogP contribution in [-0.2, 0) is 23.7 Å². The molecule has 2 aliphatic heterocycles. The second-order valence-corrected chi connectivity index (χ2v) is 6.71. The highest BCUT2D eigenvalue weighted by atomic mass is 16.8. The third-order valence-electron chi connectivity index (χ3n) is 5.24. The Morgan fingerprint density at radius 2 is 1.93 bits per heavy atom. The number of ether oxygens (including phenoxy) is 4. The minimum Gasteiger partial charge on any atom is -0.471 e. The summed E-state index contributed by atoms with van der Waals surface area (Å²) in [5.41, 5.74) is 0.903. The molecule has 10 nitrogen and oxygen atoms in total. The molecule has 0 aromatic rings. The number of methoxy groups -OCH3 is 1. The van der Waals surface area contributed by atoms with Gasteiger partial charge in [-0.2, -0.15) is 0 Å². The standard InChI is InChI=1S/C17H24O10/c1-24-15(23)9-6-25-16(11-7(4-18)2-3-8(9)11)27-17-14(22)13(21)12(20)10(5-19)26-17/h2,6,8,10-14,16-22H,3-5H2,1H3/t8-,10-,11-,12-,13+,14-,16+,17?/m1/s1. The molecule has 0 aromatic carbocycles. The average Bonchev–Trinajstić information content (AvgIpc) is 3.12. The number of rotatable bonds is 5. The lowest BCUT2D eigenvalue weighted by Crippen LogP contribution is -2.60. The van der Waals surface area contributed by atoms with Crippen molar-refractivity contribution < 1.29 is 49.3 Å². The third-order valence-corrected chi connectivity index (χ3v) is 5.24. The van der Waals surface area contributed by atoms with Crippen molar-refractivity contribution in [3.8, 4) is 0 Å². The van der Waals surface area contributed by atoms with Gasteiger partial charge in [-0.25, -0.2) is 4.79 Å². The molecule has 1 saturated heterocycles. The zero-order chi connectivity index (χ0) is 19.7. The fourth-order valence-electron chi connectivity index (χ4n) is 3.73. The molecule has 0 spiro atoms. The number of esters is 1. The molecule has 0 radical (unpaired) electrons. The maximum absolute atomic E-state index is 12.0. The topological polar surface area (TPSA) is 155 Å². The molecule has 8 atom stereocenters. The number of allylic oxidation sites excluding steroid dienone is 1. The van der Waals surface area contributed by atoms with E-state index in [4.69, 9.17) is 18.9 Å². The Balaban J connectivity index is 1.80. The first-order valence-electron chi connectivity index (χ1n) is 8.62. The first kappa shape index (κ1) is 20.2. The van der Waals surface area contributed by atoms with Gasteiger partial charge >= 0.3 is 5.97 Å². The number of carbonyl (C=O) groups excluding carboxylic acids is 1. The highest BCUT2D eigenvalue weighted by Gasteiger charge is 2.49. The van der Waals surface area contributed by atoms with Crippen LogP contribution in [0.25, 0.3) is 0 Å². The fourth-order valence-corrected chi connectivity index (χ4v) is 3.73. The van der Waals surface area contributed by atoms with E-state index in [-0.39, 0.29) is 12.5 Å². The van der Waals surface area contributed by atoms with E-state index in [9.17, 15) is 30.3 Å². The summed E-state index contributed by atoms with van der Waals surface area (Å²) in [6, 6.07) is 0. The molecular weight excluding hydrogens is 364 g/mol. The molecule has 2 heterocycles. The van der Waals surface area contributed by atoms with Crippen LogP contribution < -0.4 is 0 Å². The summed E-state index contributed by atoms with van der Waals surface area (Å²) < 4.78 is 21.3. The molecule has 0 aromatic heterocycles. The Kier molecular flexibility index (Phi) is 6.16. The zero-order valence-corrected chi connectivity index (χ0v) is 14.7. The summed E-state index contributed by atoms with van der Waals surface area (Å²) in [4.78, 5) is 12.0. The van der Waals surface area contributed by atoms with Gasteiger partial charge in [-0.05, 0) is 12.0 Å². The third kappa shape index (κ3) is 3.61. The molecule has 1 unspecified atom stereocenters. The minimum atomic E-state index is -1.59. The van der Waals surface area contributed by atoms with Gasteiger partial charge in [-0.15, -0.1) is 0 Å². The van der Waals surface area contributed by atoms with Crippen molar-refractivity contribution in [2.75, 3.05) is 20.3 Å². The van der Waals surface area contributed by atoms with Crippen LogP contribution in [0.2, 0.25) is 0 Å². The van der Waals surface area contributed by atoms with Crippen LogP contribution in [0, 0.1) is 11.8 Å². The van der Waals surface area contributed by atoms with Gasteiger partial charge in [0, 0.05) is 5.92 Å². The summed E-state index contributed by atoms with van der Waals surface area (Å²) in [5.74, 6) is -1.42. The van der Waals surface area contributed by atoms with Crippen molar-refractivity contribution in [3.63, 3.8) is 0 Å². The van der Waals surface area contributed by atoms with E-state index < -0.39 is 55.5 Å². The lowest BCUT2D eigenvalue weighted by atomic mass is 9.83. The number of hydrogen-bond donors (Lipinski definition) is 5. The monoisotopic (exact) mass is 388 g/mol. The zero-order valence-electron chi connectivity index (χ0n) is 14.7. The highest BCUT2D eigenvalue weighted by Crippen LogP contribution is 2.44. The minimum absolute atomic E-state index is 0.270. The summed E-state index contributed by atoms with van der Waals surface area (Å²) in [6.45, 7) is -0.857. The van der Waals surface area contributed by atoms with Gasteiger partial charge in [0.25, 0.3) is 0 Å². The van der Waals surface area contributed by atoms with E-state index in [1.165, 1.54) is 13.4 Å². The van der Waals surface area contributed by atoms with Crippen molar-refractivity contribution in [1.29, 1.82) is 0 Å². The normalized spacial score (nSPS) is 41.3. The van der Waals surface area contributed by atoms with Crippen LogP contribution in [0.1, 0.15) is 6.42 Å². The molecule has 10 heteroatoms. The van der Waals surface area contributed by atoms with Gasteiger partial charge in [0.2, 0.25) is 6.29 Å². The number of hydrogen-bond acceptors (Lipinski definition) is 10. The SMILES string of the molecule is COC(=O)C1=CO[C@@H](OC2O[C@H](CO)[C@@H](O)[C@H](O)[C@H]2O)[C@@H]2C(CO)=CC[C@H]12. The first-order valence-corrected chi connectivity index (χ1v) is 8.62. The van der Waals surface area contributed by atoms with Crippen molar-refractivity contribution in [2.24, 2.45) is 11.8 Å². The lowest BCUT2D eigenvalue weighted by Gasteiger charge is -2.42. The molecular formula is C17H24O10. The Morgan fingerprint density at radius 3 is 2.56 bits per heavy atom. The Bertz CT molecular complexity index is 615. The summed E-state index contributed by atoms with van der Waals surface area (Å²) in [6.07, 6.45) is -4.73. The maximum Gasteiger partial charge on any atom is 0.337 e. The second kappa shape index (κ2) is 8.23. The summed E-state index contributed by atoms with van der Waals surface area (Å²) >= 11 is 0. The number of aliphatic hydroxyl groups excluding tert-OH is 5. The van der Waals surface area contributed by atoms with E-state index >= 15 is 0 Å². The average molecular weight is 388 g/mol. The van der Waals surface area contributed by atoms with E-state index in [1.54, 1.807) is 6.08 Å². The largest absolute Gasteiger partial charge is 0.471 e. The molecule has 3 rings (SSSR count). The molecule has 0 amide bonds. The van der Waals surface area contributed by atoms with Crippen LogP contribution >= 0.6 is 0 Å². The predicted molar refractivity (Wildman–Crippen MR) is 86.6 cm³/mol. The summed E-state index contributed by atoms with van der Waals surface area (Å²) in [5, 5.41) is 48.8. The Hall–Kier alpha value is -1.53. The second-order valence-electron chi connectivity index (χ2n) is 6.71. The van der Waals surface area contributed by atoms with Crippen LogP contribution in [0.5, 0.6) is 0 Å². The van der Waals surface area contributed by atoms with E-state index in [0.717, 1.165) is 0 Å². The van der Waals surface area contributed by atoms with Gasteiger partial charge in [0.1, 0.15) is 24.4 Å². The fraction of sp³-hybridized carbons (Fsp3) is 0.706. The Labute approximate surface area is 155 Å². The van der Waals surface area contributed by atoms with Gasteiger partial charge in [-0.3, -0.25) is 0 Å². The van der Waals surface area contributed by atoms with Gasteiger partial charge in [0.15, 0.2) is 6.29 Å². The smallest absolute Gasteiger partial charge is 0.337 e. The molecule has 0 bridgehead atoms.